The fourth-order valence-corrected chi connectivity index (χ4v) is 3.56. The summed E-state index contributed by atoms with van der Waals surface area (Å²) < 4.78 is 10.8. The summed E-state index contributed by atoms with van der Waals surface area (Å²) in [6.45, 7) is 7.12. The van der Waals surface area contributed by atoms with Crippen LogP contribution in [0.3, 0.4) is 0 Å². The average molecular weight is 395 g/mol. The highest BCUT2D eigenvalue weighted by Gasteiger charge is 2.36. The highest BCUT2D eigenvalue weighted by atomic mass is 16.5. The van der Waals surface area contributed by atoms with Crippen molar-refractivity contribution in [2.45, 2.75) is 97.8 Å². The Bertz CT molecular complexity index is 456. The van der Waals surface area contributed by atoms with Crippen LogP contribution in [0.25, 0.3) is 0 Å². The number of carbonyl (C=O) groups excluding carboxylic acids is 2. The number of ether oxygens (including phenoxy) is 2. The molecule has 0 saturated heterocycles. The van der Waals surface area contributed by atoms with Gasteiger partial charge in [-0.05, 0) is 25.2 Å². The quantitative estimate of drug-likeness (QED) is 0.188. The fourth-order valence-electron chi connectivity index (χ4n) is 3.56. The van der Waals surface area contributed by atoms with Crippen molar-refractivity contribution in [2.24, 2.45) is 17.8 Å². The molecule has 0 heterocycles. The van der Waals surface area contributed by atoms with Crippen LogP contribution in [0, 0.1) is 17.8 Å². The molecule has 2 atom stereocenters. The van der Waals surface area contributed by atoms with E-state index in [2.05, 4.69) is 6.92 Å². The summed E-state index contributed by atoms with van der Waals surface area (Å²) in [6.07, 6.45) is 17.6. The van der Waals surface area contributed by atoms with E-state index in [1.54, 1.807) is 0 Å². The summed E-state index contributed by atoms with van der Waals surface area (Å²) in [4.78, 5) is 24.8. The summed E-state index contributed by atoms with van der Waals surface area (Å²) in [5, 5.41) is 0. The molecule has 4 nitrogen and oxygen atoms in total. The lowest BCUT2D eigenvalue weighted by Gasteiger charge is -2.25. The third kappa shape index (κ3) is 10.9. The molecule has 162 valence electrons. The van der Waals surface area contributed by atoms with Crippen molar-refractivity contribution < 1.29 is 19.1 Å². The molecule has 1 aliphatic carbocycles. The Balaban J connectivity index is 2.15. The van der Waals surface area contributed by atoms with Gasteiger partial charge in [0.1, 0.15) is 0 Å². The highest BCUT2D eigenvalue weighted by Crippen LogP contribution is 2.28. The van der Waals surface area contributed by atoms with Gasteiger partial charge >= 0.3 is 11.9 Å². The van der Waals surface area contributed by atoms with Gasteiger partial charge in [-0.3, -0.25) is 9.59 Å². The lowest BCUT2D eigenvalue weighted by molar-refractivity contribution is -0.161. The largest absolute Gasteiger partial charge is 0.465 e. The predicted octanol–water partition coefficient (Wildman–Crippen LogP) is 6.23. The first kappa shape index (κ1) is 24.7. The van der Waals surface area contributed by atoms with Crippen LogP contribution in [0.1, 0.15) is 97.8 Å². The fraction of sp³-hybridized carbons (Fsp3) is 0.833. The summed E-state index contributed by atoms with van der Waals surface area (Å²) in [7, 11) is 0. The van der Waals surface area contributed by atoms with E-state index < -0.39 is 11.8 Å². The first-order valence-corrected chi connectivity index (χ1v) is 11.5. The molecule has 0 aliphatic heterocycles. The Morgan fingerprint density at radius 1 is 0.786 bits per heavy atom. The van der Waals surface area contributed by atoms with Crippen LogP contribution in [-0.4, -0.2) is 25.2 Å². The van der Waals surface area contributed by atoms with Crippen LogP contribution in [0.5, 0.6) is 0 Å². The van der Waals surface area contributed by atoms with Crippen LogP contribution in [0.15, 0.2) is 12.2 Å². The molecule has 0 fully saturated rings. The molecule has 0 amide bonds. The van der Waals surface area contributed by atoms with E-state index in [9.17, 15) is 9.59 Å². The normalized spacial score (nSPS) is 19.0. The zero-order valence-electron chi connectivity index (χ0n) is 18.4. The molecular formula is C24H42O4. The van der Waals surface area contributed by atoms with Gasteiger partial charge in [0.25, 0.3) is 0 Å². The van der Waals surface area contributed by atoms with Gasteiger partial charge in [-0.15, -0.1) is 0 Å². The number of unbranched alkanes of at least 4 members (excludes halogenated alkanes) is 9. The molecule has 0 radical (unpaired) electrons. The van der Waals surface area contributed by atoms with Gasteiger partial charge < -0.3 is 9.47 Å². The first-order chi connectivity index (χ1) is 13.6. The van der Waals surface area contributed by atoms with Crippen molar-refractivity contribution in [2.75, 3.05) is 13.2 Å². The lowest BCUT2D eigenvalue weighted by atomic mass is 9.83. The van der Waals surface area contributed by atoms with Gasteiger partial charge in [-0.1, -0.05) is 90.7 Å². The zero-order chi connectivity index (χ0) is 20.6. The van der Waals surface area contributed by atoms with Crippen molar-refractivity contribution in [3.05, 3.63) is 12.2 Å². The van der Waals surface area contributed by atoms with Crippen LogP contribution in [-0.2, 0) is 19.1 Å². The monoisotopic (exact) mass is 394 g/mol. The van der Waals surface area contributed by atoms with Crippen molar-refractivity contribution in [1.29, 1.82) is 0 Å². The maximum atomic E-state index is 12.4. The molecule has 28 heavy (non-hydrogen) atoms. The number of rotatable bonds is 15. The molecule has 0 bridgehead atoms. The Hall–Kier alpha value is -1.32. The first-order valence-electron chi connectivity index (χ1n) is 11.5. The number of hydrogen-bond acceptors (Lipinski definition) is 4. The van der Waals surface area contributed by atoms with Gasteiger partial charge in [0.15, 0.2) is 0 Å². The SMILES string of the molecule is CCCCCCCCCCCCOC(=O)C1CC=CCC1C(=O)OCC(C)C. The van der Waals surface area contributed by atoms with Gasteiger partial charge in [0.2, 0.25) is 0 Å². The minimum atomic E-state index is -0.399. The smallest absolute Gasteiger partial charge is 0.310 e. The molecule has 0 aromatic rings. The molecule has 0 aromatic heterocycles. The number of esters is 2. The maximum Gasteiger partial charge on any atom is 0.310 e. The Morgan fingerprint density at radius 3 is 1.75 bits per heavy atom. The van der Waals surface area contributed by atoms with E-state index in [1.807, 2.05) is 26.0 Å². The summed E-state index contributed by atoms with van der Waals surface area (Å²) in [5.41, 5.74) is 0. The van der Waals surface area contributed by atoms with Crippen LogP contribution < -0.4 is 0 Å². The Labute approximate surface area is 172 Å². The van der Waals surface area contributed by atoms with Crippen LogP contribution >= 0.6 is 0 Å². The second-order valence-electron chi connectivity index (χ2n) is 8.53. The number of allylic oxidation sites excluding steroid dienone is 2. The molecule has 4 heteroatoms. The van der Waals surface area contributed by atoms with E-state index in [4.69, 9.17) is 9.47 Å². The van der Waals surface area contributed by atoms with E-state index in [-0.39, 0.29) is 11.9 Å². The van der Waals surface area contributed by atoms with Crippen molar-refractivity contribution in [3.63, 3.8) is 0 Å². The van der Waals surface area contributed by atoms with Gasteiger partial charge in [0, 0.05) is 0 Å². The summed E-state index contributed by atoms with van der Waals surface area (Å²) in [5.74, 6) is -1.01. The van der Waals surface area contributed by atoms with Crippen molar-refractivity contribution in [1.82, 2.24) is 0 Å². The molecule has 1 rings (SSSR count). The standard InChI is InChI=1S/C24H42O4/c1-4-5-6-7-8-9-10-11-12-15-18-27-23(25)21-16-13-14-17-22(21)24(26)28-19-20(2)3/h13-14,20-22H,4-12,15-19H2,1-3H3. The lowest BCUT2D eigenvalue weighted by Crippen LogP contribution is -2.34. The third-order valence-electron chi connectivity index (χ3n) is 5.34. The van der Waals surface area contributed by atoms with Crippen LogP contribution in [0.2, 0.25) is 0 Å². The van der Waals surface area contributed by atoms with Crippen LogP contribution in [0.4, 0.5) is 0 Å². The zero-order valence-corrected chi connectivity index (χ0v) is 18.4. The third-order valence-corrected chi connectivity index (χ3v) is 5.34. The topological polar surface area (TPSA) is 52.6 Å². The van der Waals surface area contributed by atoms with E-state index in [1.165, 1.54) is 51.4 Å². The van der Waals surface area contributed by atoms with Crippen molar-refractivity contribution in [3.8, 4) is 0 Å². The summed E-state index contributed by atoms with van der Waals surface area (Å²) in [6, 6.07) is 0. The molecule has 2 unspecified atom stereocenters. The van der Waals surface area contributed by atoms with Gasteiger partial charge in [-0.2, -0.15) is 0 Å². The number of hydrogen-bond donors (Lipinski definition) is 0. The second kappa shape index (κ2) is 15.6. The molecule has 1 aliphatic rings. The molecule has 0 saturated carbocycles. The van der Waals surface area contributed by atoms with Crippen molar-refractivity contribution >= 4 is 11.9 Å². The second-order valence-corrected chi connectivity index (χ2v) is 8.53. The minimum absolute atomic E-state index is 0.244. The Kier molecular flexibility index (Phi) is 13.8. The minimum Gasteiger partial charge on any atom is -0.465 e. The van der Waals surface area contributed by atoms with Gasteiger partial charge in [-0.25, -0.2) is 0 Å². The summed E-state index contributed by atoms with van der Waals surface area (Å²) >= 11 is 0. The highest BCUT2D eigenvalue weighted by molar-refractivity contribution is 5.82. The van der Waals surface area contributed by atoms with Gasteiger partial charge in [0.05, 0.1) is 25.0 Å². The molecule has 0 spiro atoms. The molecule has 0 N–H and O–H groups in total. The number of carbonyl (C=O) groups is 2. The average Bonchev–Trinajstić information content (AvgIpc) is 2.70. The van der Waals surface area contributed by atoms with E-state index >= 15 is 0 Å². The van der Waals surface area contributed by atoms with E-state index in [0.29, 0.717) is 32.0 Å². The predicted molar refractivity (Wildman–Crippen MR) is 114 cm³/mol. The van der Waals surface area contributed by atoms with E-state index in [0.717, 1.165) is 12.8 Å². The Morgan fingerprint density at radius 2 is 1.25 bits per heavy atom. The molecular weight excluding hydrogens is 352 g/mol. The molecule has 0 aromatic carbocycles. The maximum absolute atomic E-state index is 12.4.